The van der Waals surface area contributed by atoms with Crippen molar-refractivity contribution in [3.8, 4) is 34.5 Å². The van der Waals surface area contributed by atoms with Gasteiger partial charge in [-0.1, -0.05) is 65.0 Å². The van der Waals surface area contributed by atoms with Gasteiger partial charge in [-0.2, -0.15) is 5.10 Å². The number of anilines is 1. The summed E-state index contributed by atoms with van der Waals surface area (Å²) in [7, 11) is 6.28. The zero-order valence-corrected chi connectivity index (χ0v) is 60.8. The van der Waals surface area contributed by atoms with Gasteiger partial charge in [0.15, 0.2) is 33.8 Å². The molecule has 10 rings (SSSR count). The molecule has 27 heteroatoms. The minimum Gasteiger partial charge on any atom is -0.497 e. The van der Waals surface area contributed by atoms with Gasteiger partial charge in [-0.05, 0) is 145 Å². The van der Waals surface area contributed by atoms with E-state index in [-0.39, 0.29) is 66.4 Å². The first kappa shape index (κ1) is 74.7. The third-order valence-corrected chi connectivity index (χ3v) is 19.3. The molecule has 1 N–H and O–H groups in total. The van der Waals surface area contributed by atoms with E-state index in [9.17, 15) is 14.4 Å². The van der Waals surface area contributed by atoms with Crippen LogP contribution in [0.5, 0.6) is 34.5 Å². The predicted molar refractivity (Wildman–Crippen MR) is 381 cm³/mol. The molecule has 5 heterocycles. The Bertz CT molecular complexity index is 4290. The largest absolute Gasteiger partial charge is 0.497 e. The molecule has 2 fully saturated rings. The maximum absolute atomic E-state index is 15.3. The number of hydrogen-bond donors (Lipinski definition) is 1. The summed E-state index contributed by atoms with van der Waals surface area (Å²) in [5.74, 6) is -1.34. The number of nitrogens with one attached hydrogen (secondary N) is 1. The molecule has 0 aliphatic carbocycles. The number of likely N-dealkylation sites (tertiary alicyclic amines) is 1. The second kappa shape index (κ2) is 33.2. The van der Waals surface area contributed by atoms with Crippen LogP contribution in [0.15, 0.2) is 137 Å². The number of aromatic nitrogens is 3. The molecule has 0 bridgehead atoms. The lowest BCUT2D eigenvalue weighted by Gasteiger charge is -2.51. The molecule has 25 nitrogen and oxygen atoms in total. The highest BCUT2D eigenvalue weighted by Gasteiger charge is 2.55. The van der Waals surface area contributed by atoms with Gasteiger partial charge >= 0.3 is 24.0 Å². The summed E-state index contributed by atoms with van der Waals surface area (Å²) in [5, 5.41) is 11.5. The summed E-state index contributed by atoms with van der Waals surface area (Å²) in [6.45, 7) is 14.0. The molecule has 2 aromatic heterocycles. The molecule has 0 radical (unpaired) electrons. The van der Waals surface area contributed by atoms with E-state index in [0.717, 1.165) is 41.7 Å². The highest BCUT2D eigenvalue weighted by molar-refractivity contribution is 8.00. The average Bonchev–Trinajstić information content (AvgIpc) is 0.749. The van der Waals surface area contributed by atoms with Crippen LogP contribution in [0.2, 0.25) is 0 Å². The van der Waals surface area contributed by atoms with Gasteiger partial charge < -0.3 is 56.7 Å². The lowest BCUT2D eigenvalue weighted by molar-refractivity contribution is -0.941. The molecule has 7 aromatic rings. The smallest absolute Gasteiger partial charge is 0.413 e. The molecule has 0 spiro atoms. The fourth-order valence-corrected chi connectivity index (χ4v) is 14.1. The quantitative estimate of drug-likeness (QED) is 0.0109. The van der Waals surface area contributed by atoms with Crippen molar-refractivity contribution >= 4 is 80.5 Å². The Balaban J connectivity index is 0.963. The summed E-state index contributed by atoms with van der Waals surface area (Å²) in [4.78, 5) is 112. The van der Waals surface area contributed by atoms with Gasteiger partial charge in [0.05, 0.1) is 75.0 Å². The Morgan fingerprint density at radius 1 is 0.676 bits per heavy atom. The number of thioether (sulfide) groups is 1. The van der Waals surface area contributed by atoms with Crippen molar-refractivity contribution in [3.63, 3.8) is 0 Å². The number of thiazole rings is 1. The Morgan fingerprint density at radius 2 is 1.21 bits per heavy atom. The Labute approximate surface area is 599 Å². The first-order valence-corrected chi connectivity index (χ1v) is 35.4. The van der Waals surface area contributed by atoms with Crippen molar-refractivity contribution < 1.29 is 85.5 Å². The molecule has 102 heavy (non-hydrogen) atoms. The van der Waals surface area contributed by atoms with Crippen LogP contribution in [0.1, 0.15) is 113 Å². The van der Waals surface area contributed by atoms with Gasteiger partial charge in [0, 0.05) is 36.6 Å². The van der Waals surface area contributed by atoms with Crippen LogP contribution in [0.3, 0.4) is 0 Å². The summed E-state index contributed by atoms with van der Waals surface area (Å²) in [6.07, 6.45) is 0.0757. The highest BCUT2D eigenvalue weighted by atomic mass is 32.2. The van der Waals surface area contributed by atoms with Gasteiger partial charge in [0.1, 0.15) is 79.4 Å². The number of carbonyl (C=O) groups excluding carboxylic acids is 6. The van der Waals surface area contributed by atoms with E-state index < -0.39 is 82.8 Å². The van der Waals surface area contributed by atoms with Crippen molar-refractivity contribution in [2.24, 2.45) is 11.1 Å². The molecular formula is C75H86N7O18S2+. The Kier molecular flexibility index (Phi) is 24.3. The summed E-state index contributed by atoms with van der Waals surface area (Å²) >= 11 is 2.21. The zero-order chi connectivity index (χ0) is 72.9. The maximum atomic E-state index is 15.3. The number of rotatable bonds is 30. The predicted octanol–water partition coefficient (Wildman–Crippen LogP) is 11.7. The van der Waals surface area contributed by atoms with E-state index in [1.54, 1.807) is 128 Å². The van der Waals surface area contributed by atoms with Gasteiger partial charge in [-0.3, -0.25) is 34.1 Å². The number of carbonyl (C=O) groups is 6. The van der Waals surface area contributed by atoms with Gasteiger partial charge in [-0.15, -0.1) is 11.8 Å². The minimum absolute atomic E-state index is 0.0120. The molecule has 3 aliphatic heterocycles. The lowest BCUT2D eigenvalue weighted by Crippen LogP contribution is -2.63. The van der Waals surface area contributed by atoms with Gasteiger partial charge in [0.25, 0.3) is 0 Å². The molecule has 2 amide bonds. The number of hydrogen-bond acceptors (Lipinski definition) is 23. The van der Waals surface area contributed by atoms with Crippen LogP contribution in [-0.4, -0.2) is 142 Å². The van der Waals surface area contributed by atoms with E-state index in [1.165, 1.54) is 30.0 Å². The number of ether oxygens (including phenoxy) is 10. The maximum Gasteiger partial charge on any atom is 0.413 e. The van der Waals surface area contributed by atoms with Crippen LogP contribution in [0, 0.1) is 5.92 Å². The number of nitrogens with zero attached hydrogens (tertiary/aromatic N) is 6. The fraction of sp³-hybridized carbons (Fsp3) is 0.413. The van der Waals surface area contributed by atoms with E-state index in [1.807, 2.05) is 55.5 Å². The number of piperidine rings is 1. The first-order valence-electron chi connectivity index (χ1n) is 33.5. The fourth-order valence-electron chi connectivity index (χ4n) is 11.9. The van der Waals surface area contributed by atoms with Crippen molar-refractivity contribution in [2.45, 2.75) is 143 Å². The summed E-state index contributed by atoms with van der Waals surface area (Å²) < 4.78 is 59.3. The molecule has 5 aromatic carbocycles. The average molecular weight is 1440 g/mol. The van der Waals surface area contributed by atoms with Crippen LogP contribution < -0.4 is 39.2 Å². The lowest BCUT2D eigenvalue weighted by atomic mass is 9.89. The number of Topliss-reactive ketones (excluding diaryl/α,β-unsaturated/α-hetero) is 1. The van der Waals surface area contributed by atoms with E-state index >= 15 is 19.2 Å². The monoisotopic (exact) mass is 1440 g/mol. The van der Waals surface area contributed by atoms with E-state index in [4.69, 9.17) is 57.3 Å². The standard InChI is InChI=1S/C75H85N7O18S2/c1-12-80-58-36-61(95-42-47-18-26-52(91-9)27-19-47)60(94-41-46-16-24-51(90-8)25-17-46)35-55(58)67(85)57(78-80)40-82(32-14-13-15-33-82)39-50-45-101-69-56(68(86)81(69)66(50)71(88)97-44-49-22-30-54(93-11)31-23-49)34-59(83)65(63-38-76-72(102-63)77-73(89)99-75(5,6)7)79-100-62(70(87)98-74(2,3)4)37-64(84)96-43-48-20-28-53(92-10)29-21-48/h16-31,35-36,38,56,62,69H,12-15,32-34,37,39-45H2,1-11H3/p+1/t56-,62-,69-/m1/s1. The number of benzene rings is 5. The van der Waals surface area contributed by atoms with Crippen molar-refractivity contribution in [3.05, 3.63) is 170 Å². The molecular weight excluding hydrogens is 1350 g/mol. The van der Waals surface area contributed by atoms with Gasteiger partial charge in [0.2, 0.25) is 17.4 Å². The summed E-state index contributed by atoms with van der Waals surface area (Å²) in [5.41, 5.74) is 1.92. The number of quaternary nitrogens is 1. The SMILES string of the molecule is CCn1nc(C[N+]2(CC3=C(C(=O)OCc4ccc(OC)cc4)N4C(=O)[C@@H](CC(=O)/C(=N\O[C@H](CC(=O)OCc5ccc(OC)cc5)C(=O)OC(C)(C)C)c5cnc(NC(=O)OC(C)(C)C)s5)[C@H]4SC3)CCCCC2)c(=O)c2cc(OCc3ccc(OC)cc3)c(OCc3ccc(OC)cc3)cc21. The number of oxime groups is 1. The molecule has 540 valence electrons. The number of amides is 2. The molecule has 2 saturated heterocycles. The van der Waals surface area contributed by atoms with Crippen LogP contribution >= 0.6 is 23.1 Å². The number of methoxy groups -OCH3 is 4. The number of β-lactam (4-membered cyclic amide) rings is 1. The molecule has 0 saturated carbocycles. The third kappa shape index (κ3) is 19.1. The van der Waals surface area contributed by atoms with E-state index in [0.29, 0.717) is 91.9 Å². The number of esters is 3. The third-order valence-electron chi connectivity index (χ3n) is 17.0. The van der Waals surface area contributed by atoms with Crippen LogP contribution in [0.25, 0.3) is 10.9 Å². The topological polar surface area (TPSA) is 279 Å². The van der Waals surface area contributed by atoms with E-state index in [2.05, 4.69) is 15.5 Å². The molecule has 0 unspecified atom stereocenters. The van der Waals surface area contributed by atoms with Crippen LogP contribution in [-0.2, 0) is 87.3 Å². The number of ketones is 1. The van der Waals surface area contributed by atoms with Gasteiger partial charge in [-0.25, -0.2) is 19.4 Å². The molecule has 3 aliphatic rings. The normalized spacial score (nSPS) is 16.2. The first-order chi connectivity index (χ1) is 48.8. The number of fused-ring (bicyclic) bond motifs is 2. The second-order valence-electron chi connectivity index (χ2n) is 26.8. The molecule has 3 atom stereocenters. The van der Waals surface area contributed by atoms with Crippen molar-refractivity contribution in [1.29, 1.82) is 0 Å². The highest BCUT2D eigenvalue weighted by Crippen LogP contribution is 2.47. The summed E-state index contributed by atoms with van der Waals surface area (Å²) in [6, 6.07) is 32.4. The second-order valence-corrected chi connectivity index (χ2v) is 28.9. The van der Waals surface area contributed by atoms with Crippen molar-refractivity contribution in [1.82, 2.24) is 19.7 Å². The Hall–Kier alpha value is -9.99. The number of aryl methyl sites for hydroxylation is 1. The minimum atomic E-state index is -1.74. The van der Waals surface area contributed by atoms with Crippen LogP contribution in [0.4, 0.5) is 9.93 Å². The Morgan fingerprint density at radius 3 is 1.74 bits per heavy atom. The van der Waals surface area contributed by atoms with Crippen molar-refractivity contribution in [2.75, 3.05) is 59.1 Å². The zero-order valence-electron chi connectivity index (χ0n) is 59.2.